The third-order valence-electron chi connectivity index (χ3n) is 2.32. The van der Waals surface area contributed by atoms with Crippen molar-refractivity contribution in [1.82, 2.24) is 14.6 Å². The number of aromatic nitrogens is 3. The maximum absolute atomic E-state index is 10.5. The fraction of sp³-hybridized carbons (Fsp3) is 0.364. The first-order chi connectivity index (χ1) is 8.19. The number of nitrogens with one attached hydrogen (secondary N) is 1. The molecule has 0 unspecified atom stereocenters. The van der Waals surface area contributed by atoms with Gasteiger partial charge in [0, 0.05) is 13.0 Å². The normalized spacial score (nSPS) is 10.6. The zero-order chi connectivity index (χ0) is 12.3. The van der Waals surface area contributed by atoms with Crippen molar-refractivity contribution in [3.63, 3.8) is 0 Å². The maximum Gasteiger partial charge on any atom is 0.303 e. The van der Waals surface area contributed by atoms with E-state index in [9.17, 15) is 4.79 Å². The second-order valence-corrected chi connectivity index (χ2v) is 3.68. The number of anilines is 1. The van der Waals surface area contributed by atoms with Crippen LogP contribution in [-0.2, 0) is 11.2 Å². The van der Waals surface area contributed by atoms with E-state index in [1.165, 1.54) is 0 Å². The molecule has 0 aliphatic heterocycles. The molecule has 0 spiro atoms. The Morgan fingerprint density at radius 2 is 2.35 bits per heavy atom. The molecular formula is C11H14N4O2. The minimum atomic E-state index is -0.816. The van der Waals surface area contributed by atoms with Crippen LogP contribution in [0.1, 0.15) is 19.0 Å². The number of carboxylic acid groups (broad SMARTS) is 1. The Balaban J connectivity index is 2.21. The average Bonchev–Trinajstić information content (AvgIpc) is 2.69. The quantitative estimate of drug-likeness (QED) is 0.812. The lowest BCUT2D eigenvalue weighted by Gasteiger charge is -2.00. The molecule has 6 heteroatoms. The first kappa shape index (κ1) is 11.4. The van der Waals surface area contributed by atoms with Crippen LogP contribution in [0, 0.1) is 0 Å². The van der Waals surface area contributed by atoms with Crippen LogP contribution < -0.4 is 5.32 Å². The predicted molar refractivity (Wildman–Crippen MR) is 63.1 cm³/mol. The van der Waals surface area contributed by atoms with Gasteiger partial charge in [-0.05, 0) is 19.1 Å². The van der Waals surface area contributed by atoms with E-state index in [1.54, 1.807) is 10.7 Å². The Kier molecular flexibility index (Phi) is 3.22. The number of rotatable bonds is 5. The van der Waals surface area contributed by atoms with E-state index in [0.29, 0.717) is 6.42 Å². The summed E-state index contributed by atoms with van der Waals surface area (Å²) in [7, 11) is 0. The van der Waals surface area contributed by atoms with E-state index in [2.05, 4.69) is 15.4 Å². The van der Waals surface area contributed by atoms with Crippen molar-refractivity contribution in [3.8, 4) is 0 Å². The fourth-order valence-electron chi connectivity index (χ4n) is 1.56. The first-order valence-electron chi connectivity index (χ1n) is 5.50. The number of imidazole rings is 1. The number of aryl methyl sites for hydroxylation is 1. The Hall–Kier alpha value is -2.11. The van der Waals surface area contributed by atoms with E-state index >= 15 is 0 Å². The molecule has 2 N–H and O–H groups in total. The van der Waals surface area contributed by atoms with Gasteiger partial charge in [0.05, 0.1) is 18.3 Å². The van der Waals surface area contributed by atoms with Crippen molar-refractivity contribution < 1.29 is 9.90 Å². The molecule has 0 aliphatic carbocycles. The molecule has 0 saturated heterocycles. The molecule has 0 radical (unpaired) electrons. The molecule has 2 aromatic rings. The van der Waals surface area contributed by atoms with Gasteiger partial charge in [0.25, 0.3) is 0 Å². The number of hydrogen-bond acceptors (Lipinski definition) is 4. The van der Waals surface area contributed by atoms with Crippen LogP contribution in [0.15, 0.2) is 18.3 Å². The number of carboxylic acids is 1. The lowest BCUT2D eigenvalue weighted by atomic mass is 10.2. The fourth-order valence-corrected chi connectivity index (χ4v) is 1.56. The van der Waals surface area contributed by atoms with Crippen LogP contribution >= 0.6 is 0 Å². The average molecular weight is 234 g/mol. The second-order valence-electron chi connectivity index (χ2n) is 3.68. The molecular weight excluding hydrogens is 220 g/mol. The lowest BCUT2D eigenvalue weighted by Crippen LogP contribution is -2.01. The largest absolute Gasteiger partial charge is 0.481 e. The Labute approximate surface area is 98.3 Å². The molecule has 6 nitrogen and oxygen atoms in total. The Bertz CT molecular complexity index is 535. The summed E-state index contributed by atoms with van der Waals surface area (Å²) in [5.74, 6) is -0.0365. The van der Waals surface area contributed by atoms with Crippen molar-refractivity contribution in [3.05, 3.63) is 24.0 Å². The molecule has 0 amide bonds. The molecule has 0 aliphatic rings. The van der Waals surface area contributed by atoms with E-state index in [-0.39, 0.29) is 6.42 Å². The summed E-state index contributed by atoms with van der Waals surface area (Å²) in [6.45, 7) is 2.80. The first-order valence-corrected chi connectivity index (χ1v) is 5.50. The molecule has 2 heterocycles. The Morgan fingerprint density at radius 3 is 3.06 bits per heavy atom. The van der Waals surface area contributed by atoms with Gasteiger partial charge in [-0.15, -0.1) is 5.10 Å². The van der Waals surface area contributed by atoms with Crippen molar-refractivity contribution >= 4 is 17.4 Å². The molecule has 0 aromatic carbocycles. The van der Waals surface area contributed by atoms with Crippen LogP contribution in [0.2, 0.25) is 0 Å². The van der Waals surface area contributed by atoms with Crippen molar-refractivity contribution in [2.24, 2.45) is 0 Å². The zero-order valence-corrected chi connectivity index (χ0v) is 9.55. The number of hydrogen-bond donors (Lipinski definition) is 2. The number of nitrogens with zero attached hydrogens (tertiary/aromatic N) is 3. The Morgan fingerprint density at radius 1 is 1.53 bits per heavy atom. The summed E-state index contributed by atoms with van der Waals surface area (Å²) >= 11 is 0. The summed E-state index contributed by atoms with van der Waals surface area (Å²) in [6.07, 6.45) is 2.28. The summed E-state index contributed by atoms with van der Waals surface area (Å²) in [6, 6.07) is 3.71. The molecule has 0 fully saturated rings. The summed E-state index contributed by atoms with van der Waals surface area (Å²) < 4.78 is 1.66. The van der Waals surface area contributed by atoms with Gasteiger partial charge in [0.2, 0.25) is 0 Å². The third kappa shape index (κ3) is 2.72. The summed E-state index contributed by atoms with van der Waals surface area (Å²) in [5, 5.41) is 16.0. The highest BCUT2D eigenvalue weighted by atomic mass is 16.4. The van der Waals surface area contributed by atoms with Gasteiger partial charge >= 0.3 is 5.97 Å². The highest BCUT2D eigenvalue weighted by Crippen LogP contribution is 2.09. The monoisotopic (exact) mass is 234 g/mol. The minimum absolute atomic E-state index is 0.0873. The molecule has 90 valence electrons. The lowest BCUT2D eigenvalue weighted by molar-refractivity contribution is -0.136. The van der Waals surface area contributed by atoms with Gasteiger partial charge in [-0.2, -0.15) is 0 Å². The molecule has 17 heavy (non-hydrogen) atoms. The number of aliphatic carboxylic acids is 1. The molecule has 0 bridgehead atoms. The van der Waals surface area contributed by atoms with E-state index in [0.717, 1.165) is 23.7 Å². The van der Waals surface area contributed by atoms with Crippen LogP contribution in [0.25, 0.3) is 5.65 Å². The SMILES string of the molecule is CCNc1ccc2nc(CCC(=O)O)cn2n1. The van der Waals surface area contributed by atoms with E-state index in [4.69, 9.17) is 5.11 Å². The topological polar surface area (TPSA) is 79.5 Å². The standard InChI is InChI=1S/C11H14N4O2/c1-2-12-9-4-5-10-13-8(3-6-11(16)17)7-15(10)14-9/h4-5,7H,2-3,6H2,1H3,(H,12,14)(H,16,17). The van der Waals surface area contributed by atoms with Crippen molar-refractivity contribution in [2.45, 2.75) is 19.8 Å². The van der Waals surface area contributed by atoms with Gasteiger partial charge in [-0.1, -0.05) is 0 Å². The van der Waals surface area contributed by atoms with Gasteiger partial charge in [0.1, 0.15) is 5.82 Å². The second kappa shape index (κ2) is 4.82. The predicted octanol–water partition coefficient (Wildman–Crippen LogP) is 1.18. The minimum Gasteiger partial charge on any atom is -0.481 e. The maximum atomic E-state index is 10.5. The zero-order valence-electron chi connectivity index (χ0n) is 9.55. The number of carbonyl (C=O) groups is 1. The van der Waals surface area contributed by atoms with E-state index in [1.807, 2.05) is 19.1 Å². The van der Waals surface area contributed by atoms with Gasteiger partial charge < -0.3 is 10.4 Å². The highest BCUT2D eigenvalue weighted by Gasteiger charge is 2.05. The van der Waals surface area contributed by atoms with Crippen LogP contribution in [0.5, 0.6) is 0 Å². The molecule has 0 atom stereocenters. The van der Waals surface area contributed by atoms with Crippen molar-refractivity contribution in [2.75, 3.05) is 11.9 Å². The summed E-state index contributed by atoms with van der Waals surface area (Å²) in [4.78, 5) is 14.8. The van der Waals surface area contributed by atoms with Crippen molar-refractivity contribution in [1.29, 1.82) is 0 Å². The van der Waals surface area contributed by atoms with Crippen LogP contribution in [0.4, 0.5) is 5.82 Å². The highest BCUT2D eigenvalue weighted by molar-refractivity contribution is 5.67. The third-order valence-corrected chi connectivity index (χ3v) is 2.32. The van der Waals surface area contributed by atoms with Gasteiger partial charge in [-0.25, -0.2) is 9.50 Å². The smallest absolute Gasteiger partial charge is 0.303 e. The van der Waals surface area contributed by atoms with Crippen LogP contribution in [-0.4, -0.2) is 32.2 Å². The van der Waals surface area contributed by atoms with Gasteiger partial charge in [0.15, 0.2) is 5.65 Å². The molecule has 0 saturated carbocycles. The van der Waals surface area contributed by atoms with Gasteiger partial charge in [-0.3, -0.25) is 4.79 Å². The number of fused-ring (bicyclic) bond motifs is 1. The molecule has 2 rings (SSSR count). The molecule has 2 aromatic heterocycles. The van der Waals surface area contributed by atoms with E-state index < -0.39 is 5.97 Å². The summed E-state index contributed by atoms with van der Waals surface area (Å²) in [5.41, 5.74) is 1.47. The van der Waals surface area contributed by atoms with Crippen LogP contribution in [0.3, 0.4) is 0 Å².